The molecule has 16 aromatic heterocycles. The van der Waals surface area contributed by atoms with E-state index < -0.39 is 0 Å². The molecule has 0 saturated carbocycles. The van der Waals surface area contributed by atoms with E-state index in [2.05, 4.69) is 148 Å². The number of H-pyrrole nitrogens is 4. The predicted molar refractivity (Wildman–Crippen MR) is 565 cm³/mol. The van der Waals surface area contributed by atoms with Crippen molar-refractivity contribution in [3.05, 3.63) is 292 Å². The molecule has 4 fully saturated rings. The summed E-state index contributed by atoms with van der Waals surface area (Å²) < 4.78 is 28.8. The Labute approximate surface area is 847 Å². The third-order valence-corrected chi connectivity index (χ3v) is 25.8. The molecule has 20 aromatic rings. The van der Waals surface area contributed by atoms with Crippen LogP contribution >= 0.6 is 0 Å². The van der Waals surface area contributed by atoms with Crippen LogP contribution in [0, 0.1) is 0 Å². The highest BCUT2D eigenvalue weighted by molar-refractivity contribution is 5.99. The number of hydrogen-bond acceptors (Lipinski definition) is 28. The number of aromatic nitrogens is 24. The van der Waals surface area contributed by atoms with Gasteiger partial charge in [0.2, 0.25) is 23.6 Å². The van der Waals surface area contributed by atoms with E-state index in [1.165, 1.54) is 0 Å². The zero-order valence-electron chi connectivity index (χ0n) is 81.5. The highest BCUT2D eigenvalue weighted by Gasteiger charge is 2.27. The van der Waals surface area contributed by atoms with Crippen LogP contribution in [0.5, 0.6) is 0 Å². The Morgan fingerprint density at radius 1 is 0.311 bits per heavy atom. The maximum absolute atomic E-state index is 12.7. The van der Waals surface area contributed by atoms with E-state index in [0.717, 1.165) is 252 Å². The summed E-state index contributed by atoms with van der Waals surface area (Å²) in [4.78, 5) is 127. The van der Waals surface area contributed by atoms with E-state index in [1.807, 2.05) is 216 Å². The number of rotatable bonds is 24. The molecule has 0 radical (unpaired) electrons. The highest BCUT2D eigenvalue weighted by atomic mass is 16.5. The first-order valence-corrected chi connectivity index (χ1v) is 48.6. The lowest BCUT2D eigenvalue weighted by molar-refractivity contribution is -0.116. The Balaban J connectivity index is 0.000000116. The Bertz CT molecular complexity index is 7090. The van der Waals surface area contributed by atoms with Crippen molar-refractivity contribution in [2.75, 3.05) is 146 Å². The molecule has 4 aromatic carbocycles. The fourth-order valence-corrected chi connectivity index (χ4v) is 18.0. The summed E-state index contributed by atoms with van der Waals surface area (Å²) in [6, 6.07) is 61.9. The summed E-state index contributed by atoms with van der Waals surface area (Å²) in [7, 11) is 7.36. The van der Waals surface area contributed by atoms with Gasteiger partial charge in [0.25, 0.3) is 0 Å². The van der Waals surface area contributed by atoms with Gasteiger partial charge in [-0.15, -0.1) is 0 Å². The fourth-order valence-electron chi connectivity index (χ4n) is 18.0. The molecule has 0 aliphatic carbocycles. The van der Waals surface area contributed by atoms with Gasteiger partial charge in [-0.1, -0.05) is 24.3 Å². The minimum Gasteiger partial charge on any atom is -0.378 e. The summed E-state index contributed by atoms with van der Waals surface area (Å²) in [5.41, 5.74) is 23.9. The van der Waals surface area contributed by atoms with Crippen LogP contribution in [0.25, 0.3) is 134 Å². The van der Waals surface area contributed by atoms with E-state index in [4.69, 9.17) is 23.9 Å². The quantitative estimate of drug-likeness (QED) is 0.0278. The topological polar surface area (TPSA) is 455 Å². The maximum atomic E-state index is 12.7. The Morgan fingerprint density at radius 2 is 0.649 bits per heavy atom. The molecule has 40 heteroatoms. The van der Waals surface area contributed by atoms with Crippen molar-refractivity contribution in [1.29, 1.82) is 0 Å². The van der Waals surface area contributed by atoms with Gasteiger partial charge in [0, 0.05) is 238 Å². The zero-order chi connectivity index (χ0) is 101. The van der Waals surface area contributed by atoms with Crippen molar-refractivity contribution in [1.82, 2.24) is 119 Å². The number of nitrogens with one attached hydrogen (secondary N) is 8. The lowest BCUT2D eigenvalue weighted by Gasteiger charge is -2.28. The first kappa shape index (κ1) is 95.9. The van der Waals surface area contributed by atoms with Gasteiger partial charge in [-0.25, -0.2) is 39.9 Å². The molecule has 4 aliphatic heterocycles. The number of aromatic amines is 4. The zero-order valence-corrected chi connectivity index (χ0v) is 81.5. The van der Waals surface area contributed by atoms with Gasteiger partial charge in [0.15, 0.2) is 17.3 Å². The second-order valence-electron chi connectivity index (χ2n) is 35.7. The number of amides is 4. The van der Waals surface area contributed by atoms with Crippen LogP contribution in [-0.2, 0) is 92.0 Å². The number of fused-ring (bicyclic) bond motifs is 4. The minimum absolute atomic E-state index is 0.0969. The number of carbonyl (C=O) groups is 4. The first-order valence-electron chi connectivity index (χ1n) is 48.6. The lowest BCUT2D eigenvalue weighted by Crippen LogP contribution is -2.36. The number of morpholine rings is 4. The minimum atomic E-state index is -0.123. The molecule has 24 rings (SSSR count). The van der Waals surface area contributed by atoms with E-state index in [-0.39, 0.29) is 49.3 Å². The van der Waals surface area contributed by atoms with Crippen molar-refractivity contribution in [2.45, 2.75) is 25.7 Å². The lowest BCUT2D eigenvalue weighted by atomic mass is 10.1. The van der Waals surface area contributed by atoms with Gasteiger partial charge >= 0.3 is 0 Å². The Morgan fingerprint density at radius 3 is 1.05 bits per heavy atom. The molecule has 4 amide bonds. The molecule has 0 spiro atoms. The summed E-state index contributed by atoms with van der Waals surface area (Å²) in [5.74, 6) is 4.61. The van der Waals surface area contributed by atoms with Crippen molar-refractivity contribution < 1.29 is 38.1 Å². The molecular weight excluding hydrogens is 1870 g/mol. The molecule has 744 valence electrons. The van der Waals surface area contributed by atoms with Gasteiger partial charge < -0.3 is 79.8 Å². The number of carbonyl (C=O) groups excluding carboxylic acids is 4. The van der Waals surface area contributed by atoms with Gasteiger partial charge in [-0.05, 0) is 181 Å². The molecule has 0 atom stereocenters. The van der Waals surface area contributed by atoms with Crippen LogP contribution < -0.4 is 40.9 Å². The molecule has 40 nitrogen and oxygen atoms in total. The van der Waals surface area contributed by atoms with E-state index in [9.17, 15) is 19.2 Å². The second-order valence-corrected chi connectivity index (χ2v) is 35.7. The van der Waals surface area contributed by atoms with Crippen LogP contribution in [0.4, 0.5) is 46.0 Å². The molecule has 0 unspecified atom stereocenters. The van der Waals surface area contributed by atoms with Crippen molar-refractivity contribution in [2.24, 2.45) is 28.2 Å². The van der Waals surface area contributed by atoms with Crippen LogP contribution in [-0.4, -0.2) is 248 Å². The molecule has 0 bridgehead atoms. The number of aryl methyl sites for hydroxylation is 4. The third kappa shape index (κ3) is 22.5. The maximum Gasteiger partial charge on any atom is 0.230 e. The summed E-state index contributed by atoms with van der Waals surface area (Å²) in [5, 5.41) is 32.0. The van der Waals surface area contributed by atoms with Crippen LogP contribution in [0.2, 0.25) is 0 Å². The third-order valence-electron chi connectivity index (χ3n) is 25.8. The van der Waals surface area contributed by atoms with E-state index in [1.54, 1.807) is 87.2 Å². The Hall–Kier alpha value is -18.3. The van der Waals surface area contributed by atoms with E-state index >= 15 is 0 Å². The van der Waals surface area contributed by atoms with Gasteiger partial charge in [0.1, 0.15) is 52.6 Å². The molecule has 4 saturated heterocycles. The summed E-state index contributed by atoms with van der Waals surface area (Å²) in [6.45, 7) is 12.0. The predicted octanol–water partition coefficient (Wildman–Crippen LogP) is 13.8. The van der Waals surface area contributed by atoms with Crippen LogP contribution in [0.15, 0.2) is 269 Å². The second kappa shape index (κ2) is 44.3. The van der Waals surface area contributed by atoms with Crippen molar-refractivity contribution >= 4 is 114 Å². The molecule has 4 aliphatic rings. The number of nitrogens with zero attached hydrogens (tertiary/aromatic N) is 24. The van der Waals surface area contributed by atoms with Crippen molar-refractivity contribution in [3.63, 3.8) is 0 Å². The normalized spacial score (nSPS) is 13.7. The number of hydrogen-bond donors (Lipinski definition) is 8. The largest absolute Gasteiger partial charge is 0.378 e. The van der Waals surface area contributed by atoms with Gasteiger partial charge in [-0.3, -0.25) is 57.8 Å². The van der Waals surface area contributed by atoms with Crippen LogP contribution in [0.3, 0.4) is 0 Å². The monoisotopic (exact) mass is 1980 g/mol. The molecule has 8 N–H and O–H groups in total. The van der Waals surface area contributed by atoms with E-state index in [0.29, 0.717) is 56.8 Å². The van der Waals surface area contributed by atoms with Gasteiger partial charge in [-0.2, -0.15) is 20.4 Å². The number of pyridine rings is 6. The van der Waals surface area contributed by atoms with Gasteiger partial charge in [0.05, 0.1) is 118 Å². The number of ether oxygens (including phenoxy) is 4. The molecule has 20 heterocycles. The standard InChI is InChI=1S/C28H27N7O2.2C27H26N8O2.C26H25N9O2/c1-34-22(15-26(33-34)20-3-2-9-29-18-20)16-27(36)31-21-6-4-19(5-7-21)25-17-23-24(32-25)8-10-30-28(23)35-11-13-37-14-12-35;1-34-21(15-23(33-34)19-3-2-9-28-17-19)16-24(36)30-20-6-4-18(5-7-20)26-31-22-8-10-29-27(25(22)32-26)35-11-13-37-14-12-35;1-34-21(13-24(33-34)19-3-2-8-28-16-19)14-25(36)31-20-6-4-18(5-7-20)23-15-22-26(32-23)29-17-30-27(22)35-9-11-37-12-10-35;1-34-20(13-21(33-34)18-3-2-8-27-15-18)14-22(36)30-19-6-4-17(5-7-19)24-31-23-25(32-24)28-16-29-26(23)35-9-11-37-12-10-35/h2-10,15,17-18,32H,11-14,16H2,1H3,(H,31,36);2-10,15,17H,11-14,16H2,1H3,(H,30,36)(H,31,32);2-8,13,15-17H,9-12,14H2,1H3,(H,31,36)(H,29,30,32);2-8,13,15-16H,9-12,14H2,1H3,(H,30,36)(H,28,29,31,32). The van der Waals surface area contributed by atoms with Crippen molar-refractivity contribution in [3.8, 4) is 90.3 Å². The first-order chi connectivity index (χ1) is 72.5. The SMILES string of the molecule is Cn1nc(-c2cccnc2)cc1CC(=O)Nc1ccc(-c2cc3c(N4CCOCC4)nccc3[nH]2)cc1.Cn1nc(-c2cccnc2)cc1CC(=O)Nc1ccc(-c2cc3c(N4CCOCC4)ncnc3[nH]2)cc1.Cn1nc(-c2cccnc2)cc1CC(=O)Nc1ccc(-c2nc3c(N4CCOCC4)nccc3[nH]2)cc1.Cn1nc(-c2cccnc2)cc1CC(=O)Nc1ccc(-c2nc3ncnc(N4CCOCC4)c3[nH]2)cc1. The number of imidazole rings is 2. The molecule has 148 heavy (non-hydrogen) atoms. The smallest absolute Gasteiger partial charge is 0.230 e. The highest BCUT2D eigenvalue weighted by Crippen LogP contribution is 2.37. The Kier molecular flexibility index (Phi) is 28.7. The molecular formula is C108H104N32O8. The summed E-state index contributed by atoms with van der Waals surface area (Å²) >= 11 is 0. The average molecular weight is 1980 g/mol. The summed E-state index contributed by atoms with van der Waals surface area (Å²) in [6.07, 6.45) is 21.6. The average Bonchev–Trinajstić information content (AvgIpc) is 1.64. The fraction of sp³-hybridized carbons (Fsp3) is 0.222. The number of benzene rings is 4. The van der Waals surface area contributed by atoms with Crippen LogP contribution in [0.1, 0.15) is 22.8 Å². The number of anilines is 8.